The first kappa shape index (κ1) is 25.4. The molecule has 1 heterocycles. The van der Waals surface area contributed by atoms with E-state index in [2.05, 4.69) is 10.6 Å². The fourth-order valence-corrected chi connectivity index (χ4v) is 4.22. The Morgan fingerprint density at radius 3 is 2.42 bits per heavy atom. The molecule has 2 rings (SSSR count). The summed E-state index contributed by atoms with van der Waals surface area (Å²) in [6, 6.07) is -0.946. The van der Waals surface area contributed by atoms with Crippen molar-refractivity contribution in [2.75, 3.05) is 13.7 Å². The summed E-state index contributed by atoms with van der Waals surface area (Å²) in [5.41, 5.74) is -6.51. The van der Waals surface area contributed by atoms with Gasteiger partial charge in [-0.3, -0.25) is 9.59 Å². The number of carbonyl (C=O) groups excluding carboxylic acids is 3. The molecule has 31 heavy (non-hydrogen) atoms. The van der Waals surface area contributed by atoms with Crippen LogP contribution in [0.25, 0.3) is 0 Å². The molecule has 2 amide bonds. The number of methoxy groups -OCH3 is 1. The van der Waals surface area contributed by atoms with E-state index in [1.54, 1.807) is 13.8 Å². The standard InChI is InChI=1S/C21H34N2O8/c1-18(2,11-24)8-9-20(29)17(28)21(30,19(20,3)4)14(31-5)16(27)23-13-7-6-12(25)10-22-15(13)26/h8-9,11-14,17,25,28-30H,6-7,10H2,1-5H3,(H,22,26)(H,23,27)/t12-,13+,14+,17+,20+,21+/m1/s1. The summed E-state index contributed by atoms with van der Waals surface area (Å²) in [6.07, 6.45) is -0.307. The third-order valence-electron chi connectivity index (χ3n) is 6.71. The normalized spacial score (nSPS) is 36.8. The second-order valence-electron chi connectivity index (χ2n) is 9.60. The smallest absolute Gasteiger partial charge is 0.252 e. The van der Waals surface area contributed by atoms with Gasteiger partial charge < -0.3 is 40.6 Å². The van der Waals surface area contributed by atoms with Crippen LogP contribution in [0.2, 0.25) is 0 Å². The van der Waals surface area contributed by atoms with E-state index in [-0.39, 0.29) is 19.4 Å². The highest BCUT2D eigenvalue weighted by molar-refractivity contribution is 5.90. The molecule has 0 spiro atoms. The highest BCUT2D eigenvalue weighted by atomic mass is 16.5. The number of aliphatic hydroxyl groups is 4. The summed E-state index contributed by atoms with van der Waals surface area (Å²) in [4.78, 5) is 36.3. The van der Waals surface area contributed by atoms with Gasteiger partial charge in [-0.25, -0.2) is 0 Å². The third-order valence-corrected chi connectivity index (χ3v) is 6.71. The molecule has 0 radical (unpaired) electrons. The third kappa shape index (κ3) is 4.14. The summed E-state index contributed by atoms with van der Waals surface area (Å²) < 4.78 is 5.22. The number of carbonyl (C=O) groups is 3. The van der Waals surface area contributed by atoms with E-state index in [1.807, 2.05) is 0 Å². The van der Waals surface area contributed by atoms with Crippen molar-refractivity contribution < 1.29 is 39.5 Å². The van der Waals surface area contributed by atoms with Gasteiger partial charge in [0.1, 0.15) is 29.6 Å². The van der Waals surface area contributed by atoms with Crippen LogP contribution in [0, 0.1) is 10.8 Å². The number of amides is 2. The van der Waals surface area contributed by atoms with Crippen LogP contribution in [0.1, 0.15) is 40.5 Å². The van der Waals surface area contributed by atoms with Crippen molar-refractivity contribution in [3.05, 3.63) is 12.2 Å². The van der Waals surface area contributed by atoms with Crippen LogP contribution in [0.15, 0.2) is 12.2 Å². The van der Waals surface area contributed by atoms with Crippen molar-refractivity contribution in [3.8, 4) is 0 Å². The van der Waals surface area contributed by atoms with E-state index < -0.39 is 58.2 Å². The maximum atomic E-state index is 12.9. The molecule has 10 nitrogen and oxygen atoms in total. The number of hydrogen-bond acceptors (Lipinski definition) is 8. The van der Waals surface area contributed by atoms with Crippen LogP contribution in [0.5, 0.6) is 0 Å². The molecule has 10 heteroatoms. The van der Waals surface area contributed by atoms with Crippen LogP contribution in [0.4, 0.5) is 0 Å². The Bertz CT molecular complexity index is 752. The summed E-state index contributed by atoms with van der Waals surface area (Å²) in [6.45, 7) is 6.23. The predicted octanol–water partition coefficient (Wildman–Crippen LogP) is -1.60. The SMILES string of the molecule is CO[C@@H](C(=O)N[C@H]1CC[C@@H](O)CNC1=O)[C@]1(O)[C@@H](O)[C@@](O)(C=CC(C)(C)C=O)C1(C)C. The minimum absolute atomic E-state index is 0.0745. The number of β-amino-alcohol motifs (C(OH)–C–C–N with tert-alkyl or cyclic N) is 1. The molecule has 0 bridgehead atoms. The zero-order valence-electron chi connectivity index (χ0n) is 18.6. The average Bonchev–Trinajstić information content (AvgIpc) is 2.87. The summed E-state index contributed by atoms with van der Waals surface area (Å²) in [7, 11) is 1.17. The first-order chi connectivity index (χ1) is 14.2. The Kier molecular flexibility index (Phi) is 7.04. The van der Waals surface area contributed by atoms with Crippen LogP contribution >= 0.6 is 0 Å². The van der Waals surface area contributed by atoms with Crippen LogP contribution in [0.3, 0.4) is 0 Å². The lowest BCUT2D eigenvalue weighted by atomic mass is 9.44. The first-order valence-electron chi connectivity index (χ1n) is 10.3. The average molecular weight is 443 g/mol. The minimum Gasteiger partial charge on any atom is -0.391 e. The summed E-state index contributed by atoms with van der Waals surface area (Å²) in [5.74, 6) is -1.32. The van der Waals surface area contributed by atoms with Gasteiger partial charge in [0.25, 0.3) is 5.91 Å². The lowest BCUT2D eigenvalue weighted by Crippen LogP contribution is -2.86. The Balaban J connectivity index is 2.27. The van der Waals surface area contributed by atoms with Gasteiger partial charge in [0.05, 0.1) is 6.10 Å². The summed E-state index contributed by atoms with van der Waals surface area (Å²) >= 11 is 0. The van der Waals surface area contributed by atoms with E-state index >= 15 is 0 Å². The highest BCUT2D eigenvalue weighted by Gasteiger charge is 2.78. The van der Waals surface area contributed by atoms with Gasteiger partial charge in [-0.15, -0.1) is 0 Å². The van der Waals surface area contributed by atoms with Gasteiger partial charge in [-0.05, 0) is 26.7 Å². The van der Waals surface area contributed by atoms with Gasteiger partial charge in [-0.1, -0.05) is 26.0 Å². The predicted molar refractivity (Wildman–Crippen MR) is 110 cm³/mol. The van der Waals surface area contributed by atoms with E-state index in [1.165, 1.54) is 33.1 Å². The Labute approximate surface area is 181 Å². The van der Waals surface area contributed by atoms with E-state index in [0.717, 1.165) is 0 Å². The number of aliphatic hydroxyl groups excluding tert-OH is 2. The van der Waals surface area contributed by atoms with Crippen molar-refractivity contribution >= 4 is 18.1 Å². The second kappa shape index (κ2) is 8.59. The molecule has 0 aromatic heterocycles. The van der Waals surface area contributed by atoms with Crippen LogP contribution < -0.4 is 10.6 Å². The molecule has 1 saturated carbocycles. The number of ether oxygens (including phenoxy) is 1. The van der Waals surface area contributed by atoms with Gasteiger partial charge in [0, 0.05) is 24.5 Å². The molecule has 1 aliphatic heterocycles. The van der Waals surface area contributed by atoms with Crippen molar-refractivity contribution in [1.29, 1.82) is 0 Å². The van der Waals surface area contributed by atoms with Crippen LogP contribution in [-0.2, 0) is 19.1 Å². The monoisotopic (exact) mass is 442 g/mol. The number of allylic oxidation sites excluding steroid dienone is 1. The molecule has 0 aromatic carbocycles. The number of nitrogens with one attached hydrogen (secondary N) is 2. The largest absolute Gasteiger partial charge is 0.391 e. The molecule has 1 aliphatic carbocycles. The Hall–Kier alpha value is -1.85. The molecule has 0 aromatic rings. The lowest BCUT2D eigenvalue weighted by molar-refractivity contribution is -0.359. The molecule has 2 aliphatic rings. The topological polar surface area (TPSA) is 165 Å². The van der Waals surface area contributed by atoms with Gasteiger partial charge in [-0.2, -0.15) is 0 Å². The van der Waals surface area contributed by atoms with Crippen molar-refractivity contribution in [2.24, 2.45) is 10.8 Å². The lowest BCUT2D eigenvalue weighted by Gasteiger charge is -2.67. The molecule has 6 atom stereocenters. The van der Waals surface area contributed by atoms with Gasteiger partial charge >= 0.3 is 0 Å². The van der Waals surface area contributed by atoms with Crippen LogP contribution in [-0.4, -0.2) is 87.7 Å². The van der Waals surface area contributed by atoms with Crippen molar-refractivity contribution in [1.82, 2.24) is 10.6 Å². The second-order valence-corrected chi connectivity index (χ2v) is 9.60. The van der Waals surface area contributed by atoms with Gasteiger partial charge in [0.2, 0.25) is 5.91 Å². The zero-order valence-corrected chi connectivity index (χ0v) is 18.6. The highest BCUT2D eigenvalue weighted by Crippen LogP contribution is 2.60. The fraction of sp³-hybridized carbons (Fsp3) is 0.762. The van der Waals surface area contributed by atoms with E-state index in [9.17, 15) is 34.8 Å². The maximum Gasteiger partial charge on any atom is 0.252 e. The number of hydrogen-bond donors (Lipinski definition) is 6. The molecule has 6 N–H and O–H groups in total. The Morgan fingerprint density at radius 2 is 1.90 bits per heavy atom. The summed E-state index contributed by atoms with van der Waals surface area (Å²) in [5, 5.41) is 47.9. The number of aldehydes is 1. The molecule has 1 saturated heterocycles. The van der Waals surface area contributed by atoms with Crippen molar-refractivity contribution in [2.45, 2.75) is 76.1 Å². The van der Waals surface area contributed by atoms with Gasteiger partial charge in [0.15, 0.2) is 6.10 Å². The number of rotatable bonds is 7. The zero-order chi connectivity index (χ0) is 23.8. The minimum atomic E-state index is -2.20. The molecular formula is C21H34N2O8. The maximum absolute atomic E-state index is 12.9. The first-order valence-corrected chi connectivity index (χ1v) is 10.3. The molecule has 0 unspecified atom stereocenters. The molecule has 176 valence electrons. The van der Waals surface area contributed by atoms with E-state index in [4.69, 9.17) is 4.74 Å². The Morgan fingerprint density at radius 1 is 1.29 bits per heavy atom. The quantitative estimate of drug-likeness (QED) is 0.203. The van der Waals surface area contributed by atoms with Crippen molar-refractivity contribution in [3.63, 3.8) is 0 Å². The molecular weight excluding hydrogens is 408 g/mol. The molecule has 2 fully saturated rings. The fourth-order valence-electron chi connectivity index (χ4n) is 4.22. The van der Waals surface area contributed by atoms with E-state index in [0.29, 0.717) is 6.29 Å².